The third-order valence-corrected chi connectivity index (χ3v) is 2.98. The molecule has 0 aliphatic heterocycles. The van der Waals surface area contributed by atoms with E-state index >= 15 is 0 Å². The Bertz CT molecular complexity index is 527. The maximum absolute atomic E-state index is 14.3. The molecule has 0 aromatic heterocycles. The Hall–Kier alpha value is -1.63. The van der Waals surface area contributed by atoms with E-state index in [1.165, 1.54) is 0 Å². The van der Waals surface area contributed by atoms with Crippen molar-refractivity contribution in [3.05, 3.63) is 59.4 Å². The summed E-state index contributed by atoms with van der Waals surface area (Å²) in [7, 11) is 0. The standard InChI is InChI=1S/C16H17F/c1-11(2)14-8-5-9-15(16(14)17)13-7-4-6-12(3)10-13/h4-11H,1-3H3. The summed E-state index contributed by atoms with van der Waals surface area (Å²) < 4.78 is 14.3. The maximum Gasteiger partial charge on any atom is 0.134 e. The van der Waals surface area contributed by atoms with Crippen LogP contribution in [0.5, 0.6) is 0 Å². The third-order valence-electron chi connectivity index (χ3n) is 2.98. The van der Waals surface area contributed by atoms with E-state index < -0.39 is 0 Å². The van der Waals surface area contributed by atoms with Gasteiger partial charge in [-0.25, -0.2) is 4.39 Å². The van der Waals surface area contributed by atoms with Gasteiger partial charge in [0.25, 0.3) is 0 Å². The first kappa shape index (κ1) is 11.8. The number of rotatable bonds is 2. The highest BCUT2D eigenvalue weighted by atomic mass is 19.1. The number of hydrogen-bond donors (Lipinski definition) is 0. The first-order valence-corrected chi connectivity index (χ1v) is 5.95. The predicted molar refractivity (Wildman–Crippen MR) is 70.7 cm³/mol. The van der Waals surface area contributed by atoms with Crippen LogP contribution in [0.4, 0.5) is 4.39 Å². The summed E-state index contributed by atoms with van der Waals surface area (Å²) in [6.45, 7) is 6.05. The first-order chi connectivity index (χ1) is 8.09. The van der Waals surface area contributed by atoms with E-state index in [1.807, 2.05) is 63.2 Å². The van der Waals surface area contributed by atoms with E-state index in [1.54, 1.807) is 0 Å². The van der Waals surface area contributed by atoms with Crippen LogP contribution in [0.15, 0.2) is 42.5 Å². The summed E-state index contributed by atoms with van der Waals surface area (Å²) in [5.41, 5.74) is 3.57. The molecular weight excluding hydrogens is 211 g/mol. The van der Waals surface area contributed by atoms with Gasteiger partial charge in [0.05, 0.1) is 0 Å². The fourth-order valence-electron chi connectivity index (χ4n) is 2.03. The van der Waals surface area contributed by atoms with Crippen LogP contribution >= 0.6 is 0 Å². The molecule has 0 fully saturated rings. The van der Waals surface area contributed by atoms with Crippen molar-refractivity contribution in [1.82, 2.24) is 0 Å². The van der Waals surface area contributed by atoms with Gasteiger partial charge in [0.1, 0.15) is 5.82 Å². The molecule has 0 radical (unpaired) electrons. The molecule has 2 aromatic rings. The molecule has 0 heterocycles. The molecule has 0 spiro atoms. The Morgan fingerprint density at radius 1 is 1.00 bits per heavy atom. The van der Waals surface area contributed by atoms with Crippen molar-refractivity contribution in [2.75, 3.05) is 0 Å². The number of benzene rings is 2. The summed E-state index contributed by atoms with van der Waals surface area (Å²) in [5.74, 6) is 0.118. The van der Waals surface area contributed by atoms with Gasteiger partial charge >= 0.3 is 0 Å². The largest absolute Gasteiger partial charge is 0.206 e. The highest BCUT2D eigenvalue weighted by molar-refractivity contribution is 5.66. The second-order valence-corrected chi connectivity index (χ2v) is 4.73. The lowest BCUT2D eigenvalue weighted by Gasteiger charge is -2.11. The van der Waals surface area contributed by atoms with Crippen molar-refractivity contribution in [2.45, 2.75) is 26.7 Å². The highest BCUT2D eigenvalue weighted by Gasteiger charge is 2.11. The van der Waals surface area contributed by atoms with E-state index in [9.17, 15) is 4.39 Å². The lowest BCUT2D eigenvalue weighted by molar-refractivity contribution is 0.602. The minimum absolute atomic E-state index is 0.0897. The van der Waals surface area contributed by atoms with Crippen LogP contribution in [0, 0.1) is 12.7 Å². The van der Waals surface area contributed by atoms with Crippen LogP contribution in [0.25, 0.3) is 11.1 Å². The van der Waals surface area contributed by atoms with Gasteiger partial charge in [0.15, 0.2) is 0 Å². The van der Waals surface area contributed by atoms with Gasteiger partial charge in [0.2, 0.25) is 0 Å². The van der Waals surface area contributed by atoms with E-state index in [0.29, 0.717) is 5.56 Å². The first-order valence-electron chi connectivity index (χ1n) is 5.95. The number of halogens is 1. The van der Waals surface area contributed by atoms with Gasteiger partial charge in [-0.05, 0) is 24.0 Å². The summed E-state index contributed by atoms with van der Waals surface area (Å²) in [4.78, 5) is 0. The molecule has 0 aliphatic rings. The van der Waals surface area contributed by atoms with Gasteiger partial charge in [-0.3, -0.25) is 0 Å². The summed E-state index contributed by atoms with van der Waals surface area (Å²) in [6, 6.07) is 13.6. The van der Waals surface area contributed by atoms with Crippen LogP contribution in [0.2, 0.25) is 0 Å². The third kappa shape index (κ3) is 2.38. The molecule has 0 unspecified atom stereocenters. The molecule has 2 rings (SSSR count). The van der Waals surface area contributed by atoms with Crippen molar-refractivity contribution >= 4 is 0 Å². The Morgan fingerprint density at radius 3 is 2.35 bits per heavy atom. The zero-order chi connectivity index (χ0) is 12.4. The highest BCUT2D eigenvalue weighted by Crippen LogP contribution is 2.28. The molecule has 0 bridgehead atoms. The Kier molecular flexibility index (Phi) is 3.28. The van der Waals surface area contributed by atoms with Crippen molar-refractivity contribution in [3.63, 3.8) is 0 Å². The molecule has 0 atom stereocenters. The van der Waals surface area contributed by atoms with E-state index in [-0.39, 0.29) is 11.7 Å². The second kappa shape index (κ2) is 4.70. The predicted octanol–water partition coefficient (Wildman–Crippen LogP) is 4.92. The monoisotopic (exact) mass is 228 g/mol. The molecule has 0 saturated heterocycles. The summed E-state index contributed by atoms with van der Waals surface area (Å²) in [6.07, 6.45) is 0. The van der Waals surface area contributed by atoms with Crippen molar-refractivity contribution < 1.29 is 4.39 Å². The van der Waals surface area contributed by atoms with E-state index in [4.69, 9.17) is 0 Å². The molecule has 0 N–H and O–H groups in total. The molecule has 0 saturated carbocycles. The summed E-state index contributed by atoms with van der Waals surface area (Å²) in [5, 5.41) is 0. The fourth-order valence-corrected chi connectivity index (χ4v) is 2.03. The Morgan fingerprint density at radius 2 is 1.71 bits per heavy atom. The lowest BCUT2D eigenvalue weighted by Crippen LogP contribution is -1.95. The molecule has 0 nitrogen and oxygen atoms in total. The van der Waals surface area contributed by atoms with E-state index in [0.717, 1.165) is 16.7 Å². The molecule has 2 aromatic carbocycles. The van der Waals surface area contributed by atoms with Gasteiger partial charge in [0, 0.05) is 5.56 Å². The SMILES string of the molecule is Cc1cccc(-c2cccc(C(C)C)c2F)c1. The average molecular weight is 228 g/mol. The molecule has 17 heavy (non-hydrogen) atoms. The smallest absolute Gasteiger partial charge is 0.134 e. The van der Waals surface area contributed by atoms with Crippen molar-refractivity contribution in [2.24, 2.45) is 0 Å². The van der Waals surface area contributed by atoms with Crippen LogP contribution in [-0.4, -0.2) is 0 Å². The zero-order valence-electron chi connectivity index (χ0n) is 10.5. The van der Waals surface area contributed by atoms with Gasteiger partial charge in [-0.1, -0.05) is 61.9 Å². The Balaban J connectivity index is 2.57. The Labute approximate surface area is 102 Å². The lowest BCUT2D eigenvalue weighted by atomic mass is 9.96. The number of hydrogen-bond acceptors (Lipinski definition) is 0. The van der Waals surface area contributed by atoms with Gasteiger partial charge in [-0.2, -0.15) is 0 Å². The van der Waals surface area contributed by atoms with Crippen LogP contribution in [0.3, 0.4) is 0 Å². The molecule has 0 aliphatic carbocycles. The average Bonchev–Trinajstić information content (AvgIpc) is 2.29. The molecule has 1 heteroatoms. The van der Waals surface area contributed by atoms with Crippen LogP contribution < -0.4 is 0 Å². The fraction of sp³-hybridized carbons (Fsp3) is 0.250. The topological polar surface area (TPSA) is 0 Å². The van der Waals surface area contributed by atoms with Gasteiger partial charge in [-0.15, -0.1) is 0 Å². The minimum atomic E-state index is -0.0897. The molecule has 88 valence electrons. The quantitative estimate of drug-likeness (QED) is 0.684. The second-order valence-electron chi connectivity index (χ2n) is 4.73. The normalized spacial score (nSPS) is 10.9. The zero-order valence-corrected chi connectivity index (χ0v) is 10.5. The van der Waals surface area contributed by atoms with Crippen molar-refractivity contribution in [3.8, 4) is 11.1 Å². The molecule has 0 amide bonds. The summed E-state index contributed by atoms with van der Waals surface area (Å²) >= 11 is 0. The van der Waals surface area contributed by atoms with E-state index in [2.05, 4.69) is 0 Å². The molecular formula is C16H17F. The number of aryl methyl sites for hydroxylation is 1. The maximum atomic E-state index is 14.3. The van der Waals surface area contributed by atoms with Crippen LogP contribution in [0.1, 0.15) is 30.9 Å². The minimum Gasteiger partial charge on any atom is -0.206 e. The van der Waals surface area contributed by atoms with Crippen LogP contribution in [-0.2, 0) is 0 Å². The van der Waals surface area contributed by atoms with Gasteiger partial charge < -0.3 is 0 Å². The van der Waals surface area contributed by atoms with Crippen molar-refractivity contribution in [1.29, 1.82) is 0 Å².